The summed E-state index contributed by atoms with van der Waals surface area (Å²) in [6.45, 7) is 6.07. The Kier molecular flexibility index (Phi) is 5.50. The van der Waals surface area contributed by atoms with Crippen LogP contribution in [0.15, 0.2) is 36.5 Å². The van der Waals surface area contributed by atoms with Gasteiger partial charge in [-0.2, -0.15) is 0 Å². The van der Waals surface area contributed by atoms with Gasteiger partial charge in [-0.05, 0) is 45.0 Å². The zero-order chi connectivity index (χ0) is 16.9. The minimum atomic E-state index is -0.512. The van der Waals surface area contributed by atoms with E-state index in [1.807, 2.05) is 32.9 Å². The summed E-state index contributed by atoms with van der Waals surface area (Å²) in [5.41, 5.74) is 0.374. The molecular weight excluding hydrogens is 318 g/mol. The number of nitrogens with zero attached hydrogens (tertiary/aromatic N) is 2. The molecule has 0 bridgehead atoms. The standard InChI is InChI=1S/C16H20ClN3O3/c1-16(2,3)23-15(21)18-9-11-22-14-8-10-20(19-14)13-6-4-12(17)5-7-13/h4-8,10H,9,11H2,1-3H3,(H,18,21). The molecule has 124 valence electrons. The Balaban J connectivity index is 1.77. The van der Waals surface area contributed by atoms with Crippen molar-refractivity contribution in [2.75, 3.05) is 13.2 Å². The van der Waals surface area contributed by atoms with Crippen molar-refractivity contribution in [2.24, 2.45) is 0 Å². The Hall–Kier alpha value is -2.21. The smallest absolute Gasteiger partial charge is 0.407 e. The Labute approximate surface area is 140 Å². The van der Waals surface area contributed by atoms with E-state index in [9.17, 15) is 4.79 Å². The highest BCUT2D eigenvalue weighted by molar-refractivity contribution is 6.30. The predicted molar refractivity (Wildman–Crippen MR) is 88.3 cm³/mol. The number of halogens is 1. The molecule has 0 aliphatic carbocycles. The average molecular weight is 338 g/mol. The number of benzene rings is 1. The molecule has 23 heavy (non-hydrogen) atoms. The third-order valence-electron chi connectivity index (χ3n) is 2.68. The van der Waals surface area contributed by atoms with Gasteiger partial charge in [0.2, 0.25) is 5.88 Å². The second-order valence-corrected chi connectivity index (χ2v) is 6.29. The van der Waals surface area contributed by atoms with E-state index in [1.54, 1.807) is 29.1 Å². The highest BCUT2D eigenvalue weighted by Gasteiger charge is 2.15. The van der Waals surface area contributed by atoms with E-state index < -0.39 is 11.7 Å². The molecule has 0 spiro atoms. The van der Waals surface area contributed by atoms with Crippen LogP contribution in [0.25, 0.3) is 5.69 Å². The van der Waals surface area contributed by atoms with Crippen LogP contribution in [0.4, 0.5) is 4.79 Å². The molecule has 0 radical (unpaired) electrons. The van der Waals surface area contributed by atoms with Crippen molar-refractivity contribution in [3.63, 3.8) is 0 Å². The van der Waals surface area contributed by atoms with Crippen LogP contribution in [-0.4, -0.2) is 34.6 Å². The molecule has 0 saturated heterocycles. The fourth-order valence-corrected chi connectivity index (χ4v) is 1.87. The first-order valence-corrected chi connectivity index (χ1v) is 7.62. The van der Waals surface area contributed by atoms with Gasteiger partial charge in [0, 0.05) is 17.3 Å². The first-order valence-electron chi connectivity index (χ1n) is 7.25. The summed E-state index contributed by atoms with van der Waals surface area (Å²) in [5, 5.41) is 7.58. The van der Waals surface area contributed by atoms with Crippen LogP contribution in [0, 0.1) is 0 Å². The van der Waals surface area contributed by atoms with Gasteiger partial charge in [0.15, 0.2) is 0 Å². The van der Waals surface area contributed by atoms with Crippen LogP contribution >= 0.6 is 11.6 Å². The number of aromatic nitrogens is 2. The number of hydrogen-bond acceptors (Lipinski definition) is 4. The average Bonchev–Trinajstić information content (AvgIpc) is 2.91. The predicted octanol–water partition coefficient (Wildman–Crippen LogP) is 3.43. The van der Waals surface area contributed by atoms with Gasteiger partial charge in [0.1, 0.15) is 12.2 Å². The third-order valence-corrected chi connectivity index (χ3v) is 2.93. The maximum atomic E-state index is 11.5. The van der Waals surface area contributed by atoms with Crippen molar-refractivity contribution in [2.45, 2.75) is 26.4 Å². The molecule has 1 aromatic heterocycles. The summed E-state index contributed by atoms with van der Waals surface area (Å²) >= 11 is 5.86. The zero-order valence-electron chi connectivity index (χ0n) is 13.4. The molecule has 0 aliphatic rings. The first kappa shape index (κ1) is 17.1. The Morgan fingerprint density at radius 1 is 1.26 bits per heavy atom. The number of carbonyl (C=O) groups is 1. The van der Waals surface area contributed by atoms with E-state index in [0.717, 1.165) is 5.69 Å². The van der Waals surface area contributed by atoms with Gasteiger partial charge in [0.25, 0.3) is 0 Å². The van der Waals surface area contributed by atoms with Gasteiger partial charge < -0.3 is 14.8 Å². The lowest BCUT2D eigenvalue weighted by Gasteiger charge is -2.19. The van der Waals surface area contributed by atoms with Gasteiger partial charge >= 0.3 is 6.09 Å². The molecule has 2 rings (SSSR count). The highest BCUT2D eigenvalue weighted by atomic mass is 35.5. The van der Waals surface area contributed by atoms with Gasteiger partial charge in [-0.15, -0.1) is 5.10 Å². The second kappa shape index (κ2) is 7.37. The second-order valence-electron chi connectivity index (χ2n) is 5.85. The lowest BCUT2D eigenvalue weighted by molar-refractivity contribution is 0.0520. The van der Waals surface area contributed by atoms with Crippen LogP contribution in [0.1, 0.15) is 20.8 Å². The summed E-state index contributed by atoms with van der Waals surface area (Å²) in [6, 6.07) is 9.07. The molecule has 1 heterocycles. The monoisotopic (exact) mass is 337 g/mol. The molecule has 0 atom stereocenters. The Bertz CT molecular complexity index is 647. The Morgan fingerprint density at radius 2 is 1.96 bits per heavy atom. The zero-order valence-corrected chi connectivity index (χ0v) is 14.1. The maximum absolute atomic E-state index is 11.5. The highest BCUT2D eigenvalue weighted by Crippen LogP contribution is 2.15. The topological polar surface area (TPSA) is 65.4 Å². The van der Waals surface area contributed by atoms with E-state index in [-0.39, 0.29) is 0 Å². The molecule has 6 nitrogen and oxygen atoms in total. The van der Waals surface area contributed by atoms with Crippen LogP contribution in [0.5, 0.6) is 5.88 Å². The molecule has 1 N–H and O–H groups in total. The van der Waals surface area contributed by atoms with E-state index in [0.29, 0.717) is 24.1 Å². The lowest BCUT2D eigenvalue weighted by Crippen LogP contribution is -2.34. The third kappa shape index (κ3) is 5.83. The first-order chi connectivity index (χ1) is 10.8. The summed E-state index contributed by atoms with van der Waals surface area (Å²) in [5.74, 6) is 0.478. The molecular formula is C16H20ClN3O3. The number of hydrogen-bond donors (Lipinski definition) is 1. The summed E-state index contributed by atoms with van der Waals surface area (Å²) in [6.07, 6.45) is 1.33. The molecule has 0 fully saturated rings. The fraction of sp³-hybridized carbons (Fsp3) is 0.375. The minimum Gasteiger partial charge on any atom is -0.475 e. The molecule has 1 amide bonds. The summed E-state index contributed by atoms with van der Waals surface area (Å²) in [7, 11) is 0. The molecule has 1 aromatic carbocycles. The normalized spacial score (nSPS) is 11.1. The van der Waals surface area contributed by atoms with E-state index in [1.165, 1.54) is 0 Å². The van der Waals surface area contributed by atoms with Crippen LogP contribution < -0.4 is 10.1 Å². The van der Waals surface area contributed by atoms with Crippen molar-refractivity contribution in [1.82, 2.24) is 15.1 Å². The number of rotatable bonds is 5. The maximum Gasteiger partial charge on any atom is 0.407 e. The number of alkyl carbamates (subject to hydrolysis) is 1. The van der Waals surface area contributed by atoms with E-state index in [4.69, 9.17) is 21.1 Å². The van der Waals surface area contributed by atoms with Crippen molar-refractivity contribution in [1.29, 1.82) is 0 Å². The van der Waals surface area contributed by atoms with Crippen LogP contribution in [-0.2, 0) is 4.74 Å². The Morgan fingerprint density at radius 3 is 2.61 bits per heavy atom. The molecule has 0 aliphatic heterocycles. The summed E-state index contributed by atoms with van der Waals surface area (Å²) in [4.78, 5) is 11.5. The lowest BCUT2D eigenvalue weighted by atomic mass is 10.2. The van der Waals surface area contributed by atoms with Gasteiger partial charge in [-0.25, -0.2) is 9.48 Å². The van der Waals surface area contributed by atoms with Gasteiger partial charge in [-0.1, -0.05) is 11.6 Å². The van der Waals surface area contributed by atoms with Crippen molar-refractivity contribution < 1.29 is 14.3 Å². The molecule has 0 unspecified atom stereocenters. The number of ether oxygens (including phenoxy) is 2. The molecule has 0 saturated carbocycles. The number of amides is 1. The summed E-state index contributed by atoms with van der Waals surface area (Å²) < 4.78 is 12.3. The fourth-order valence-electron chi connectivity index (χ4n) is 1.74. The molecule has 7 heteroatoms. The quantitative estimate of drug-likeness (QED) is 0.849. The van der Waals surface area contributed by atoms with Gasteiger partial charge in [-0.3, -0.25) is 0 Å². The van der Waals surface area contributed by atoms with E-state index in [2.05, 4.69) is 10.4 Å². The van der Waals surface area contributed by atoms with E-state index >= 15 is 0 Å². The van der Waals surface area contributed by atoms with Crippen molar-refractivity contribution >= 4 is 17.7 Å². The minimum absolute atomic E-state index is 0.302. The number of nitrogens with one attached hydrogen (secondary N) is 1. The number of carbonyl (C=O) groups excluding carboxylic acids is 1. The van der Waals surface area contributed by atoms with Crippen molar-refractivity contribution in [3.05, 3.63) is 41.6 Å². The largest absolute Gasteiger partial charge is 0.475 e. The molecule has 2 aromatic rings. The SMILES string of the molecule is CC(C)(C)OC(=O)NCCOc1ccn(-c2ccc(Cl)cc2)n1. The van der Waals surface area contributed by atoms with Crippen LogP contribution in [0.2, 0.25) is 5.02 Å². The van der Waals surface area contributed by atoms with Crippen molar-refractivity contribution in [3.8, 4) is 11.6 Å². The van der Waals surface area contributed by atoms with Gasteiger partial charge in [0.05, 0.1) is 12.2 Å². The van der Waals surface area contributed by atoms with Crippen LogP contribution in [0.3, 0.4) is 0 Å².